The number of nitrogens with zero attached hydrogens (tertiary/aromatic N) is 4. The first kappa shape index (κ1) is 17.8. The SMILES string of the molecule is CCn1cc(C2=NOC(C(=O)N3CCCCC3c3ccccc3)C2)c(C)n1. The molecule has 0 N–H and O–H groups in total. The smallest absolute Gasteiger partial charge is 0.267 e. The first-order valence-corrected chi connectivity index (χ1v) is 9.80. The van der Waals surface area contributed by atoms with Crippen LogP contribution in [0, 0.1) is 6.92 Å². The van der Waals surface area contributed by atoms with E-state index < -0.39 is 6.10 Å². The fourth-order valence-electron chi connectivity index (χ4n) is 4.03. The summed E-state index contributed by atoms with van der Waals surface area (Å²) in [7, 11) is 0. The standard InChI is InChI=1S/C21H26N4O2/c1-3-24-14-17(15(2)22-24)18-13-20(27-23-18)21(26)25-12-8-7-11-19(25)16-9-5-4-6-10-16/h4-6,9-10,14,19-20H,3,7-8,11-13H2,1-2H3. The molecule has 2 aliphatic heterocycles. The number of carbonyl (C=O) groups excluding carboxylic acids is 1. The van der Waals surface area contributed by atoms with Gasteiger partial charge in [0.15, 0.2) is 0 Å². The van der Waals surface area contributed by atoms with Crippen LogP contribution in [0.4, 0.5) is 0 Å². The molecule has 1 aromatic carbocycles. The second kappa shape index (κ2) is 7.55. The third-order valence-electron chi connectivity index (χ3n) is 5.50. The highest BCUT2D eigenvalue weighted by molar-refractivity contribution is 6.04. The Morgan fingerprint density at radius 2 is 2.07 bits per heavy atom. The van der Waals surface area contributed by atoms with Crippen LogP contribution in [-0.2, 0) is 16.2 Å². The Bertz CT molecular complexity index is 843. The molecule has 1 amide bonds. The topological polar surface area (TPSA) is 59.7 Å². The molecule has 0 radical (unpaired) electrons. The van der Waals surface area contributed by atoms with E-state index in [1.54, 1.807) is 0 Å². The Labute approximate surface area is 159 Å². The van der Waals surface area contributed by atoms with E-state index >= 15 is 0 Å². The predicted molar refractivity (Wildman–Crippen MR) is 103 cm³/mol. The predicted octanol–water partition coefficient (Wildman–Crippen LogP) is 3.46. The summed E-state index contributed by atoms with van der Waals surface area (Å²) in [4.78, 5) is 20.8. The molecule has 2 aliphatic rings. The second-order valence-corrected chi connectivity index (χ2v) is 7.27. The van der Waals surface area contributed by atoms with E-state index in [1.807, 2.05) is 40.9 Å². The summed E-state index contributed by atoms with van der Waals surface area (Å²) in [6.45, 7) is 5.61. The summed E-state index contributed by atoms with van der Waals surface area (Å²) in [5.74, 6) is 0.0443. The van der Waals surface area contributed by atoms with Crippen molar-refractivity contribution in [3.63, 3.8) is 0 Å². The number of hydrogen-bond donors (Lipinski definition) is 0. The molecule has 3 heterocycles. The quantitative estimate of drug-likeness (QED) is 0.833. The third kappa shape index (κ3) is 3.48. The van der Waals surface area contributed by atoms with Gasteiger partial charge in [0.05, 0.1) is 17.4 Å². The lowest BCUT2D eigenvalue weighted by atomic mass is 9.94. The van der Waals surface area contributed by atoms with Gasteiger partial charge in [0.2, 0.25) is 6.10 Å². The zero-order chi connectivity index (χ0) is 18.8. The summed E-state index contributed by atoms with van der Waals surface area (Å²) in [5.41, 5.74) is 3.92. The third-order valence-corrected chi connectivity index (χ3v) is 5.50. The lowest BCUT2D eigenvalue weighted by Gasteiger charge is -2.37. The molecule has 1 fully saturated rings. The van der Waals surface area contributed by atoms with Crippen LogP contribution < -0.4 is 0 Å². The number of aromatic nitrogens is 2. The van der Waals surface area contributed by atoms with Gasteiger partial charge < -0.3 is 9.74 Å². The van der Waals surface area contributed by atoms with E-state index in [0.717, 1.165) is 49.3 Å². The molecule has 6 heteroatoms. The van der Waals surface area contributed by atoms with Crippen molar-refractivity contribution in [1.29, 1.82) is 0 Å². The van der Waals surface area contributed by atoms with Gasteiger partial charge in [0, 0.05) is 31.3 Å². The Kier molecular flexibility index (Phi) is 4.97. The summed E-state index contributed by atoms with van der Waals surface area (Å²) in [6, 6.07) is 10.4. The highest BCUT2D eigenvalue weighted by atomic mass is 16.6. The van der Waals surface area contributed by atoms with E-state index in [1.165, 1.54) is 5.56 Å². The molecule has 0 spiro atoms. The number of rotatable bonds is 4. The molecule has 6 nitrogen and oxygen atoms in total. The van der Waals surface area contributed by atoms with Gasteiger partial charge in [0.1, 0.15) is 0 Å². The van der Waals surface area contributed by atoms with Crippen LogP contribution in [0.15, 0.2) is 41.7 Å². The Balaban J connectivity index is 1.49. The number of piperidine rings is 1. The van der Waals surface area contributed by atoms with Crippen molar-refractivity contribution in [3.8, 4) is 0 Å². The van der Waals surface area contributed by atoms with Crippen LogP contribution in [0.2, 0.25) is 0 Å². The number of aryl methyl sites for hydroxylation is 2. The van der Waals surface area contributed by atoms with Gasteiger partial charge in [-0.2, -0.15) is 5.10 Å². The van der Waals surface area contributed by atoms with Crippen molar-refractivity contribution < 1.29 is 9.63 Å². The molecule has 4 rings (SSSR count). The Morgan fingerprint density at radius 1 is 1.26 bits per heavy atom. The van der Waals surface area contributed by atoms with Crippen molar-refractivity contribution in [2.75, 3.05) is 6.54 Å². The molecule has 1 aromatic heterocycles. The molecule has 142 valence electrons. The van der Waals surface area contributed by atoms with Gasteiger partial charge in [-0.15, -0.1) is 0 Å². The van der Waals surface area contributed by atoms with Gasteiger partial charge >= 0.3 is 0 Å². The van der Waals surface area contributed by atoms with Crippen LogP contribution in [0.5, 0.6) is 0 Å². The van der Waals surface area contributed by atoms with Gasteiger partial charge in [-0.1, -0.05) is 35.5 Å². The number of likely N-dealkylation sites (tertiary alicyclic amines) is 1. The van der Waals surface area contributed by atoms with Crippen LogP contribution in [0.1, 0.15) is 55.5 Å². The van der Waals surface area contributed by atoms with Crippen LogP contribution >= 0.6 is 0 Å². The summed E-state index contributed by atoms with van der Waals surface area (Å²) in [6.07, 6.45) is 5.14. The van der Waals surface area contributed by atoms with Crippen LogP contribution in [-0.4, -0.2) is 38.9 Å². The summed E-state index contributed by atoms with van der Waals surface area (Å²) >= 11 is 0. The minimum absolute atomic E-state index is 0.0443. The fourth-order valence-corrected chi connectivity index (χ4v) is 4.03. The van der Waals surface area contributed by atoms with Crippen molar-refractivity contribution in [2.45, 2.75) is 58.2 Å². The van der Waals surface area contributed by atoms with Crippen molar-refractivity contribution in [2.24, 2.45) is 5.16 Å². The molecule has 27 heavy (non-hydrogen) atoms. The largest absolute Gasteiger partial charge is 0.382 e. The van der Waals surface area contributed by atoms with Crippen molar-refractivity contribution in [1.82, 2.24) is 14.7 Å². The van der Waals surface area contributed by atoms with Gasteiger partial charge in [-0.3, -0.25) is 9.48 Å². The maximum absolute atomic E-state index is 13.2. The molecule has 0 saturated carbocycles. The van der Waals surface area contributed by atoms with E-state index in [2.05, 4.69) is 29.3 Å². The molecular weight excluding hydrogens is 340 g/mol. The number of hydrogen-bond acceptors (Lipinski definition) is 4. The normalized spacial score (nSPS) is 22.4. The summed E-state index contributed by atoms with van der Waals surface area (Å²) in [5, 5.41) is 8.70. The Morgan fingerprint density at radius 3 is 2.81 bits per heavy atom. The summed E-state index contributed by atoms with van der Waals surface area (Å²) < 4.78 is 1.89. The molecular formula is C21H26N4O2. The molecule has 0 aliphatic carbocycles. The molecule has 2 atom stereocenters. The lowest BCUT2D eigenvalue weighted by Crippen LogP contribution is -2.44. The number of carbonyl (C=O) groups is 1. The Hall–Kier alpha value is -2.63. The zero-order valence-electron chi connectivity index (χ0n) is 16.0. The zero-order valence-corrected chi connectivity index (χ0v) is 16.0. The molecule has 2 unspecified atom stereocenters. The van der Waals surface area contributed by atoms with Gasteiger partial charge in [-0.25, -0.2) is 0 Å². The van der Waals surface area contributed by atoms with Gasteiger partial charge in [0.25, 0.3) is 5.91 Å². The number of amides is 1. The van der Waals surface area contributed by atoms with Crippen LogP contribution in [0.25, 0.3) is 0 Å². The first-order valence-electron chi connectivity index (χ1n) is 9.80. The fraction of sp³-hybridized carbons (Fsp3) is 0.476. The van der Waals surface area contributed by atoms with Gasteiger partial charge in [-0.05, 0) is 38.7 Å². The van der Waals surface area contributed by atoms with Crippen molar-refractivity contribution >= 4 is 11.6 Å². The minimum atomic E-state index is -0.534. The number of benzene rings is 1. The van der Waals surface area contributed by atoms with E-state index in [9.17, 15) is 4.79 Å². The molecule has 2 aromatic rings. The van der Waals surface area contributed by atoms with Crippen LogP contribution in [0.3, 0.4) is 0 Å². The highest BCUT2D eigenvalue weighted by Gasteiger charge is 2.37. The maximum Gasteiger partial charge on any atom is 0.267 e. The van der Waals surface area contributed by atoms with E-state index in [0.29, 0.717) is 6.42 Å². The molecule has 0 bridgehead atoms. The average molecular weight is 366 g/mol. The van der Waals surface area contributed by atoms with E-state index in [4.69, 9.17) is 4.84 Å². The molecule has 1 saturated heterocycles. The van der Waals surface area contributed by atoms with E-state index in [-0.39, 0.29) is 11.9 Å². The maximum atomic E-state index is 13.2. The lowest BCUT2D eigenvalue weighted by molar-refractivity contribution is -0.146. The minimum Gasteiger partial charge on any atom is -0.382 e. The number of oxime groups is 1. The average Bonchev–Trinajstić information content (AvgIpc) is 3.34. The second-order valence-electron chi connectivity index (χ2n) is 7.27. The highest BCUT2D eigenvalue weighted by Crippen LogP contribution is 2.32. The van der Waals surface area contributed by atoms with Crippen molar-refractivity contribution in [3.05, 3.63) is 53.3 Å². The first-order chi connectivity index (χ1) is 13.2. The monoisotopic (exact) mass is 366 g/mol.